The lowest BCUT2D eigenvalue weighted by atomic mass is 9.68. The first-order chi connectivity index (χ1) is 25.4. The van der Waals surface area contributed by atoms with Crippen LogP contribution in [0.3, 0.4) is 0 Å². The van der Waals surface area contributed by atoms with Crippen LogP contribution in [0.25, 0.3) is 5.57 Å². The highest BCUT2D eigenvalue weighted by Gasteiger charge is 2.54. The van der Waals surface area contributed by atoms with Crippen molar-refractivity contribution in [3.05, 3.63) is 51.5 Å². The molecule has 0 aromatic heterocycles. The van der Waals surface area contributed by atoms with Gasteiger partial charge in [-0.2, -0.15) is 0 Å². The molecule has 1 aliphatic carbocycles. The highest BCUT2D eigenvalue weighted by molar-refractivity contribution is 9.10. The minimum atomic E-state index is -0.437. The van der Waals surface area contributed by atoms with E-state index >= 15 is 0 Å². The van der Waals surface area contributed by atoms with Crippen LogP contribution in [0.5, 0.6) is 0 Å². The van der Waals surface area contributed by atoms with E-state index in [1.807, 2.05) is 0 Å². The fourth-order valence-electron chi connectivity index (χ4n) is 9.03. The number of halogens is 1. The van der Waals surface area contributed by atoms with Crippen LogP contribution in [-0.2, 0) is 33.7 Å². The minimum absolute atomic E-state index is 0.168. The van der Waals surface area contributed by atoms with Crippen molar-refractivity contribution in [2.24, 2.45) is 0 Å². The second kappa shape index (κ2) is 19.2. The molecule has 8 heteroatoms. The fourth-order valence-corrected chi connectivity index (χ4v) is 9.39. The van der Waals surface area contributed by atoms with E-state index in [1.165, 1.54) is 22.3 Å². The maximum absolute atomic E-state index is 6.91. The Morgan fingerprint density at radius 2 is 1.70 bits per heavy atom. The molecule has 54 heavy (non-hydrogen) atoms. The molecule has 3 aliphatic rings. The monoisotopic (exact) mass is 814 g/mol. The lowest BCUT2D eigenvalue weighted by Gasteiger charge is -2.39. The third-order valence-electron chi connectivity index (χ3n) is 13.5. The molecule has 2 bridgehead atoms. The third kappa shape index (κ3) is 11.1. The summed E-state index contributed by atoms with van der Waals surface area (Å²) in [6.07, 6.45) is 17.8. The molecule has 1 aromatic rings. The summed E-state index contributed by atoms with van der Waals surface area (Å²) in [7, 11) is -0.317. The second-order valence-electron chi connectivity index (χ2n) is 18.3. The Kier molecular flexibility index (Phi) is 16.2. The van der Waals surface area contributed by atoms with Crippen LogP contribution < -0.4 is 0 Å². The first kappa shape index (κ1) is 45.7. The Morgan fingerprint density at radius 1 is 0.963 bits per heavy atom. The molecule has 0 radical (unpaired) electrons. The standard InChI is InChI=1S/C46H76BBrO6/c1-13-19-35(5)49-30-31-51-43(10,15-3)23-17-25-46-26-18-24-44(11,16-4)52-33-32-50-41(6,7)27-28-45(12)42(8,9)53-47(54-45)29-22-39(46)37(14-2)38-21-20-36(48)34-40(38)46/h14,20-22,34-35H,13,15-19,23-33H2,1-12H3. The SMILES string of the molecule is CC=C1C2=CCB3OC(C)(C)C(C)(CCC(C)(C)OCCOC(C)(CC)CCCC2(CCCC(C)(CC)OCCOC(C)CCC)c2cc(Br)ccc21)O3. The first-order valence-corrected chi connectivity index (χ1v) is 22.3. The van der Waals surface area contributed by atoms with Gasteiger partial charge in [-0.05, 0) is 167 Å². The summed E-state index contributed by atoms with van der Waals surface area (Å²) >= 11 is 3.89. The van der Waals surface area contributed by atoms with Crippen molar-refractivity contribution in [3.63, 3.8) is 0 Å². The van der Waals surface area contributed by atoms with E-state index in [1.54, 1.807) is 0 Å². The van der Waals surface area contributed by atoms with Crippen LogP contribution in [0.2, 0.25) is 6.32 Å². The average molecular weight is 816 g/mol. The van der Waals surface area contributed by atoms with Gasteiger partial charge in [0.15, 0.2) is 0 Å². The van der Waals surface area contributed by atoms with Gasteiger partial charge >= 0.3 is 7.12 Å². The summed E-state index contributed by atoms with van der Waals surface area (Å²) in [6, 6.07) is 6.92. The van der Waals surface area contributed by atoms with Gasteiger partial charge in [0.2, 0.25) is 0 Å². The molecule has 5 unspecified atom stereocenters. The van der Waals surface area contributed by atoms with E-state index in [0.717, 1.165) is 81.5 Å². The van der Waals surface area contributed by atoms with Gasteiger partial charge in [-0.3, -0.25) is 0 Å². The fraction of sp³-hybridized carbons (Fsp3) is 0.783. The molecule has 1 saturated heterocycles. The van der Waals surface area contributed by atoms with Crippen LogP contribution in [0.1, 0.15) is 171 Å². The molecule has 0 N–H and O–H groups in total. The van der Waals surface area contributed by atoms with Crippen LogP contribution in [0.15, 0.2) is 40.4 Å². The minimum Gasteiger partial charge on any atom is -0.403 e. The number of allylic oxidation sites excluding steroid dienone is 4. The molecular formula is C46H76BBrO6. The normalized spacial score (nSPS) is 30.2. The van der Waals surface area contributed by atoms with E-state index in [-0.39, 0.29) is 35.4 Å². The maximum Gasteiger partial charge on any atom is 0.461 e. The molecule has 1 fully saturated rings. The second-order valence-corrected chi connectivity index (χ2v) is 19.2. The van der Waals surface area contributed by atoms with E-state index in [9.17, 15) is 0 Å². The van der Waals surface area contributed by atoms with Crippen molar-refractivity contribution in [2.45, 2.75) is 206 Å². The molecule has 0 amide bonds. The summed E-state index contributed by atoms with van der Waals surface area (Å²) in [5, 5.41) is 0. The number of rotatable bonds is 13. The van der Waals surface area contributed by atoms with Gasteiger partial charge in [-0.1, -0.05) is 61.3 Å². The molecule has 2 heterocycles. The summed E-state index contributed by atoms with van der Waals surface area (Å²) in [5.74, 6) is 0. The number of fused-ring (bicyclic) bond motifs is 5. The molecule has 4 rings (SSSR count). The third-order valence-corrected chi connectivity index (χ3v) is 14.0. The van der Waals surface area contributed by atoms with Gasteiger partial charge in [0, 0.05) is 16.2 Å². The van der Waals surface area contributed by atoms with Gasteiger partial charge in [0.05, 0.1) is 60.5 Å². The number of benzene rings is 1. The number of hydrogen-bond acceptors (Lipinski definition) is 6. The summed E-state index contributed by atoms with van der Waals surface area (Å²) in [4.78, 5) is 0. The molecule has 5 atom stereocenters. The number of hydrogen-bond donors (Lipinski definition) is 0. The predicted molar refractivity (Wildman–Crippen MR) is 229 cm³/mol. The largest absolute Gasteiger partial charge is 0.461 e. The lowest BCUT2D eigenvalue weighted by molar-refractivity contribution is -0.104. The van der Waals surface area contributed by atoms with Crippen molar-refractivity contribution >= 4 is 28.6 Å². The molecule has 0 saturated carbocycles. The smallest absolute Gasteiger partial charge is 0.403 e. The highest BCUT2D eigenvalue weighted by Crippen LogP contribution is 2.57. The molecule has 0 spiro atoms. The van der Waals surface area contributed by atoms with Gasteiger partial charge < -0.3 is 28.3 Å². The summed E-state index contributed by atoms with van der Waals surface area (Å²) in [6.45, 7) is 29.1. The van der Waals surface area contributed by atoms with Gasteiger partial charge in [0.25, 0.3) is 0 Å². The highest BCUT2D eigenvalue weighted by atomic mass is 79.9. The Hall–Kier alpha value is -0.995. The molecule has 306 valence electrons. The van der Waals surface area contributed by atoms with Gasteiger partial charge in [0.1, 0.15) is 0 Å². The van der Waals surface area contributed by atoms with Crippen LogP contribution in [0.4, 0.5) is 0 Å². The molecule has 2 aliphatic heterocycles. The van der Waals surface area contributed by atoms with E-state index in [4.69, 9.17) is 28.3 Å². The van der Waals surface area contributed by atoms with E-state index in [2.05, 4.69) is 129 Å². The Bertz CT molecular complexity index is 1430. The summed E-state index contributed by atoms with van der Waals surface area (Å²) in [5.41, 5.74) is 3.79. The van der Waals surface area contributed by atoms with Crippen molar-refractivity contribution in [3.8, 4) is 0 Å². The van der Waals surface area contributed by atoms with Crippen LogP contribution >= 0.6 is 15.9 Å². The molecule has 6 nitrogen and oxygen atoms in total. The topological polar surface area (TPSA) is 55.4 Å². The van der Waals surface area contributed by atoms with Crippen LogP contribution in [-0.4, -0.2) is 67.7 Å². The summed E-state index contributed by atoms with van der Waals surface area (Å²) < 4.78 is 40.6. The van der Waals surface area contributed by atoms with Gasteiger partial charge in [-0.15, -0.1) is 0 Å². The zero-order chi connectivity index (χ0) is 39.8. The van der Waals surface area contributed by atoms with E-state index in [0.29, 0.717) is 32.7 Å². The lowest BCUT2D eigenvalue weighted by Crippen LogP contribution is -2.46. The Balaban J connectivity index is 1.71. The predicted octanol–water partition coefficient (Wildman–Crippen LogP) is 12.6. The zero-order valence-electron chi connectivity index (χ0n) is 36.4. The van der Waals surface area contributed by atoms with Crippen molar-refractivity contribution in [1.29, 1.82) is 0 Å². The molecular weight excluding hydrogens is 739 g/mol. The molecule has 1 aromatic carbocycles. The first-order valence-electron chi connectivity index (χ1n) is 21.5. The van der Waals surface area contributed by atoms with Crippen molar-refractivity contribution in [1.82, 2.24) is 0 Å². The van der Waals surface area contributed by atoms with Crippen molar-refractivity contribution in [2.75, 3.05) is 26.4 Å². The van der Waals surface area contributed by atoms with Gasteiger partial charge in [-0.25, -0.2) is 0 Å². The zero-order valence-corrected chi connectivity index (χ0v) is 38.0. The number of ether oxygens (including phenoxy) is 4. The average Bonchev–Trinajstić information content (AvgIpc) is 3.51. The van der Waals surface area contributed by atoms with Crippen LogP contribution in [0, 0.1) is 0 Å². The Labute approximate surface area is 339 Å². The van der Waals surface area contributed by atoms with Crippen molar-refractivity contribution < 1.29 is 28.3 Å². The quantitative estimate of drug-likeness (QED) is 0.146. The van der Waals surface area contributed by atoms with E-state index < -0.39 is 11.2 Å². The Morgan fingerprint density at radius 3 is 2.39 bits per heavy atom. The maximum atomic E-state index is 6.91.